The first kappa shape index (κ1) is 15.6. The van der Waals surface area contributed by atoms with Gasteiger partial charge in [-0.3, -0.25) is 0 Å². The van der Waals surface area contributed by atoms with Gasteiger partial charge in [0.25, 0.3) is 0 Å². The van der Waals surface area contributed by atoms with E-state index in [1.54, 1.807) is 0 Å². The first-order chi connectivity index (χ1) is 10.9. The van der Waals surface area contributed by atoms with E-state index in [-0.39, 0.29) is 0 Å². The van der Waals surface area contributed by atoms with Crippen LogP contribution in [0.5, 0.6) is 0 Å². The fourth-order valence-corrected chi connectivity index (χ4v) is 5.80. The molecule has 0 saturated carbocycles. The molecule has 0 aliphatic heterocycles. The molecule has 22 heavy (non-hydrogen) atoms. The van der Waals surface area contributed by atoms with Gasteiger partial charge in [-0.2, -0.15) is 0 Å². The average Bonchev–Trinajstić information content (AvgIpc) is 2.60. The summed E-state index contributed by atoms with van der Waals surface area (Å²) in [6, 6.07) is 30.8. The molecule has 3 aromatic rings. The van der Waals surface area contributed by atoms with Crippen LogP contribution in [0.25, 0.3) is 0 Å². The van der Waals surface area contributed by atoms with Crippen LogP contribution in [-0.2, 0) is 10.6 Å². The molecule has 0 aromatic heterocycles. The van der Waals surface area contributed by atoms with Crippen LogP contribution >= 0.6 is 0 Å². The molecule has 0 nitrogen and oxygen atoms in total. The van der Waals surface area contributed by atoms with Crippen molar-refractivity contribution in [2.45, 2.75) is 10.6 Å². The number of hydrogen-bond donors (Lipinski definition) is 0. The van der Waals surface area contributed by atoms with Crippen molar-refractivity contribution in [2.24, 2.45) is 0 Å². The Morgan fingerprint density at radius 1 is 0.500 bits per heavy atom. The summed E-state index contributed by atoms with van der Waals surface area (Å²) in [4.78, 5) is 0. The second kappa shape index (κ2) is 8.36. The Labute approximate surface area is 145 Å². The fourth-order valence-electron chi connectivity index (χ4n) is 2.18. The minimum absolute atomic E-state index is 0.532. The van der Waals surface area contributed by atoms with Gasteiger partial charge in [0.1, 0.15) is 0 Å². The van der Waals surface area contributed by atoms with Crippen molar-refractivity contribution in [1.82, 2.24) is 0 Å². The molecule has 0 aliphatic carbocycles. The van der Waals surface area contributed by atoms with Crippen molar-refractivity contribution in [3.05, 3.63) is 96.1 Å². The fraction of sp³-hybridized carbons (Fsp3) is 0.100. The van der Waals surface area contributed by atoms with Crippen molar-refractivity contribution >= 4 is 38.8 Å². The molecule has 0 N–H and O–H groups in total. The molecule has 0 saturated heterocycles. The molecule has 0 radical (unpaired) electrons. The van der Waals surface area contributed by atoms with E-state index in [0.717, 1.165) is 0 Å². The summed E-state index contributed by atoms with van der Waals surface area (Å²) in [5.41, 5.74) is 2.95. The van der Waals surface area contributed by atoms with E-state index in [2.05, 4.69) is 84.9 Å². The molecule has 110 valence electrons. The maximum absolute atomic E-state index is 2.40. The number of hydrogen-bond acceptors (Lipinski definition) is 0. The zero-order chi connectivity index (χ0) is 15.0. The summed E-state index contributed by atoms with van der Waals surface area (Å²) in [6.07, 6.45) is 0. The predicted molar refractivity (Wildman–Crippen MR) is 97.5 cm³/mol. The van der Waals surface area contributed by atoms with Crippen LogP contribution < -0.4 is 8.92 Å². The van der Waals surface area contributed by atoms with Gasteiger partial charge in [-0.1, -0.05) is 0 Å². The molecule has 0 atom stereocenters. The molecule has 0 aliphatic rings. The van der Waals surface area contributed by atoms with Gasteiger partial charge in [-0.05, 0) is 0 Å². The third kappa shape index (κ3) is 4.86. The Bertz CT molecular complexity index is 634. The van der Waals surface area contributed by atoms with E-state index in [0.29, 0.717) is 29.9 Å². The van der Waals surface area contributed by atoms with E-state index >= 15 is 0 Å². The molecule has 0 amide bonds. The maximum atomic E-state index is 2.40. The monoisotopic (exact) mass is 418 g/mol. The average molecular weight is 416 g/mol. The summed E-state index contributed by atoms with van der Waals surface area (Å²) in [5, 5.41) is 2.37. The zero-order valence-electron chi connectivity index (χ0n) is 12.3. The number of rotatable bonds is 6. The van der Waals surface area contributed by atoms with Crippen LogP contribution in [0, 0.1) is 0 Å². The minimum atomic E-state index is 0.532. The van der Waals surface area contributed by atoms with Crippen LogP contribution in [0.15, 0.2) is 84.9 Å². The van der Waals surface area contributed by atoms with Gasteiger partial charge in [-0.25, -0.2) is 0 Å². The van der Waals surface area contributed by atoms with Crippen molar-refractivity contribution in [2.75, 3.05) is 0 Å². The topological polar surface area (TPSA) is 0 Å². The molecule has 3 aromatic carbocycles. The second-order valence-electron chi connectivity index (χ2n) is 5.02. The third-order valence-corrected chi connectivity index (χ3v) is 7.83. The Kier molecular flexibility index (Phi) is 5.93. The van der Waals surface area contributed by atoms with Gasteiger partial charge >= 0.3 is 146 Å². The summed E-state index contributed by atoms with van der Waals surface area (Å²) in [7, 11) is 0. The molecule has 0 heterocycles. The second-order valence-corrected chi connectivity index (χ2v) is 9.42. The predicted octanol–water partition coefficient (Wildman–Crippen LogP) is 2.75. The molecular weight excluding hydrogens is 398 g/mol. The molecule has 3 rings (SSSR count). The summed E-state index contributed by atoms with van der Waals surface area (Å²) in [6.45, 7) is 0. The van der Waals surface area contributed by atoms with Crippen LogP contribution in [0.1, 0.15) is 11.1 Å². The summed E-state index contributed by atoms with van der Waals surface area (Å²) in [5.74, 6) is 0. The van der Waals surface area contributed by atoms with E-state index in [4.69, 9.17) is 0 Å². The van der Waals surface area contributed by atoms with Crippen molar-refractivity contribution in [3.8, 4) is 0 Å². The standard InChI is InChI=1S/C20H18Se2/c1-3-10-19(11-4-1)21-15-17-8-7-9-18(14-17)16-22-20-12-5-2-6-13-20/h1-14H,15-16H2. The SMILES string of the molecule is c1ccc([Se]Cc2cccc(C[Se]c3ccccc3)c2)cc1. The first-order valence-electron chi connectivity index (χ1n) is 7.34. The Morgan fingerprint density at radius 2 is 0.955 bits per heavy atom. The number of benzene rings is 3. The van der Waals surface area contributed by atoms with Crippen molar-refractivity contribution in [1.29, 1.82) is 0 Å². The van der Waals surface area contributed by atoms with Crippen LogP contribution in [-0.4, -0.2) is 29.9 Å². The zero-order valence-corrected chi connectivity index (χ0v) is 15.7. The van der Waals surface area contributed by atoms with Crippen molar-refractivity contribution < 1.29 is 0 Å². The first-order valence-corrected chi connectivity index (χ1v) is 11.5. The molecule has 0 fully saturated rings. The molecule has 2 heteroatoms. The van der Waals surface area contributed by atoms with E-state index in [1.807, 2.05) is 0 Å². The van der Waals surface area contributed by atoms with Gasteiger partial charge in [0.05, 0.1) is 0 Å². The van der Waals surface area contributed by atoms with Crippen LogP contribution in [0.2, 0.25) is 0 Å². The van der Waals surface area contributed by atoms with Gasteiger partial charge in [-0.15, -0.1) is 0 Å². The van der Waals surface area contributed by atoms with Crippen molar-refractivity contribution in [3.63, 3.8) is 0 Å². The van der Waals surface area contributed by atoms with Gasteiger partial charge in [0, 0.05) is 0 Å². The summed E-state index contributed by atoms with van der Waals surface area (Å²) >= 11 is 1.06. The molecule has 0 bridgehead atoms. The van der Waals surface area contributed by atoms with E-state index < -0.39 is 0 Å². The van der Waals surface area contributed by atoms with Crippen LogP contribution in [0.4, 0.5) is 0 Å². The quantitative estimate of drug-likeness (QED) is 0.543. The Balaban J connectivity index is 1.58. The molecule has 0 unspecified atom stereocenters. The summed E-state index contributed by atoms with van der Waals surface area (Å²) < 4.78 is 2.96. The molecular formula is C20H18Se2. The third-order valence-electron chi connectivity index (χ3n) is 3.29. The van der Waals surface area contributed by atoms with E-state index in [1.165, 1.54) is 30.7 Å². The van der Waals surface area contributed by atoms with E-state index in [9.17, 15) is 0 Å². The Hall–Kier alpha value is -1.30. The van der Waals surface area contributed by atoms with Crippen LogP contribution in [0.3, 0.4) is 0 Å². The van der Waals surface area contributed by atoms with Gasteiger partial charge in [0.15, 0.2) is 0 Å². The Morgan fingerprint density at radius 3 is 1.41 bits per heavy atom. The van der Waals surface area contributed by atoms with Gasteiger partial charge in [0.2, 0.25) is 0 Å². The van der Waals surface area contributed by atoms with Gasteiger partial charge < -0.3 is 0 Å². The normalized spacial score (nSPS) is 10.5. The molecule has 0 spiro atoms.